The van der Waals surface area contributed by atoms with E-state index in [-0.39, 0.29) is 0 Å². The summed E-state index contributed by atoms with van der Waals surface area (Å²) in [6.45, 7) is 0. The number of nitrogens with one attached hydrogen (secondary N) is 1. The molecule has 0 radical (unpaired) electrons. The molecule has 2 heteroatoms. The Balaban J connectivity index is 1.57. The third-order valence-corrected chi connectivity index (χ3v) is 5.43. The first-order valence-electron chi connectivity index (χ1n) is 8.66. The fraction of sp³-hybridized carbons (Fsp3) is 0.632. The highest BCUT2D eigenvalue weighted by Crippen LogP contribution is 2.38. The lowest BCUT2D eigenvalue weighted by Gasteiger charge is -2.35. The van der Waals surface area contributed by atoms with Crippen LogP contribution in [0.2, 0.25) is 0 Å². The fourth-order valence-corrected chi connectivity index (χ4v) is 3.95. The van der Waals surface area contributed by atoms with Crippen LogP contribution in [0.25, 0.3) is 0 Å². The van der Waals surface area contributed by atoms with Crippen molar-refractivity contribution in [3.05, 3.63) is 35.4 Å². The molecule has 1 amide bonds. The molecule has 0 heterocycles. The molecule has 0 unspecified atom stereocenters. The summed E-state index contributed by atoms with van der Waals surface area (Å²) in [6, 6.07) is 9.79. The van der Waals surface area contributed by atoms with Crippen LogP contribution < -0.4 is 5.32 Å². The number of benzene rings is 1. The van der Waals surface area contributed by atoms with Crippen molar-refractivity contribution < 1.29 is 4.79 Å². The second-order valence-electron chi connectivity index (χ2n) is 6.86. The van der Waals surface area contributed by atoms with E-state index in [0.29, 0.717) is 12.0 Å². The van der Waals surface area contributed by atoms with Crippen LogP contribution in [0.1, 0.15) is 80.8 Å². The van der Waals surface area contributed by atoms with Crippen LogP contribution in [0.3, 0.4) is 0 Å². The normalized spacial score (nSPS) is 27.2. The van der Waals surface area contributed by atoms with Gasteiger partial charge in [0, 0.05) is 6.04 Å². The summed E-state index contributed by atoms with van der Waals surface area (Å²) in [4.78, 5) is 10.4. The monoisotopic (exact) mass is 285 g/mol. The minimum absolute atomic E-state index is 0.401. The fourth-order valence-electron chi connectivity index (χ4n) is 3.95. The summed E-state index contributed by atoms with van der Waals surface area (Å²) in [5.74, 6) is 1.43. The van der Waals surface area contributed by atoms with E-state index >= 15 is 0 Å². The van der Waals surface area contributed by atoms with Crippen molar-refractivity contribution in [1.29, 1.82) is 0 Å². The van der Waals surface area contributed by atoms with Gasteiger partial charge in [0.1, 0.15) is 0 Å². The molecule has 2 fully saturated rings. The van der Waals surface area contributed by atoms with Crippen molar-refractivity contribution >= 4 is 6.41 Å². The standard InChI is InChI=1S/C19H27NO/c21-14-20-19-12-18(13-19)17-10-8-16(9-11-17)15-6-4-2-1-3-5-7-15/h8-11,14-15,18-19H,1-7,12-13H2,(H,20,21). The summed E-state index contributed by atoms with van der Waals surface area (Å²) in [7, 11) is 0. The van der Waals surface area contributed by atoms with Crippen molar-refractivity contribution in [1.82, 2.24) is 5.32 Å². The molecule has 1 N–H and O–H groups in total. The van der Waals surface area contributed by atoms with Crippen molar-refractivity contribution in [2.24, 2.45) is 0 Å². The highest BCUT2D eigenvalue weighted by Gasteiger charge is 2.29. The zero-order valence-corrected chi connectivity index (χ0v) is 12.9. The molecule has 2 saturated carbocycles. The van der Waals surface area contributed by atoms with E-state index in [4.69, 9.17) is 0 Å². The van der Waals surface area contributed by atoms with Gasteiger partial charge < -0.3 is 5.32 Å². The predicted molar refractivity (Wildman–Crippen MR) is 86.5 cm³/mol. The van der Waals surface area contributed by atoms with Crippen LogP contribution in [-0.4, -0.2) is 12.5 Å². The van der Waals surface area contributed by atoms with Crippen molar-refractivity contribution in [2.45, 2.75) is 75.7 Å². The van der Waals surface area contributed by atoms with E-state index < -0.39 is 0 Å². The first-order valence-corrected chi connectivity index (χ1v) is 8.66. The minimum atomic E-state index is 0.401. The highest BCUT2D eigenvalue weighted by atomic mass is 16.1. The van der Waals surface area contributed by atoms with E-state index in [1.165, 1.54) is 50.5 Å². The number of rotatable bonds is 4. The Labute approximate surface area is 128 Å². The Hall–Kier alpha value is -1.31. The van der Waals surface area contributed by atoms with Crippen LogP contribution in [0.5, 0.6) is 0 Å². The number of carbonyl (C=O) groups is 1. The molecule has 2 aliphatic carbocycles. The number of carbonyl (C=O) groups excluding carboxylic acids is 1. The minimum Gasteiger partial charge on any atom is -0.356 e. The first kappa shape index (κ1) is 14.6. The summed E-state index contributed by atoms with van der Waals surface area (Å²) >= 11 is 0. The van der Waals surface area contributed by atoms with Gasteiger partial charge in [-0.1, -0.05) is 56.4 Å². The average molecular weight is 285 g/mol. The van der Waals surface area contributed by atoms with Crippen LogP contribution in [0.15, 0.2) is 24.3 Å². The lowest BCUT2D eigenvalue weighted by atomic mass is 9.75. The number of amides is 1. The maximum Gasteiger partial charge on any atom is 0.207 e. The lowest BCUT2D eigenvalue weighted by molar-refractivity contribution is -0.110. The lowest BCUT2D eigenvalue weighted by Crippen LogP contribution is -2.39. The Morgan fingerprint density at radius 1 is 0.810 bits per heavy atom. The van der Waals surface area contributed by atoms with Crippen molar-refractivity contribution in [3.8, 4) is 0 Å². The van der Waals surface area contributed by atoms with E-state index in [2.05, 4.69) is 29.6 Å². The Morgan fingerprint density at radius 3 is 1.90 bits per heavy atom. The number of hydrogen-bond acceptors (Lipinski definition) is 1. The summed E-state index contributed by atoms with van der Waals surface area (Å²) in [5.41, 5.74) is 3.00. The molecule has 21 heavy (non-hydrogen) atoms. The molecule has 2 aliphatic rings. The molecule has 1 aromatic rings. The zero-order chi connectivity index (χ0) is 14.5. The van der Waals surface area contributed by atoms with Gasteiger partial charge in [0.2, 0.25) is 6.41 Å². The third-order valence-electron chi connectivity index (χ3n) is 5.43. The van der Waals surface area contributed by atoms with Gasteiger partial charge in [-0.3, -0.25) is 4.79 Å². The summed E-state index contributed by atoms with van der Waals surface area (Å²) in [5, 5.41) is 2.88. The first-order chi connectivity index (χ1) is 10.4. The largest absolute Gasteiger partial charge is 0.356 e. The van der Waals surface area contributed by atoms with Crippen molar-refractivity contribution in [2.75, 3.05) is 0 Å². The van der Waals surface area contributed by atoms with Gasteiger partial charge >= 0.3 is 0 Å². The topological polar surface area (TPSA) is 29.1 Å². The quantitative estimate of drug-likeness (QED) is 0.810. The van der Waals surface area contributed by atoms with E-state index in [1.54, 1.807) is 5.56 Å². The maximum absolute atomic E-state index is 10.4. The Kier molecular flexibility index (Phi) is 4.95. The second kappa shape index (κ2) is 7.11. The van der Waals surface area contributed by atoms with Gasteiger partial charge in [-0.05, 0) is 48.6 Å². The summed E-state index contributed by atoms with van der Waals surface area (Å²) in [6.07, 6.45) is 12.8. The smallest absolute Gasteiger partial charge is 0.207 e. The van der Waals surface area contributed by atoms with Gasteiger partial charge in [-0.2, -0.15) is 0 Å². The van der Waals surface area contributed by atoms with Crippen molar-refractivity contribution in [3.63, 3.8) is 0 Å². The highest BCUT2D eigenvalue weighted by molar-refractivity contribution is 5.47. The van der Waals surface area contributed by atoms with Gasteiger partial charge in [0.15, 0.2) is 0 Å². The molecular weight excluding hydrogens is 258 g/mol. The molecule has 0 bridgehead atoms. The molecule has 0 atom stereocenters. The molecule has 0 spiro atoms. The van der Waals surface area contributed by atoms with Crippen LogP contribution in [0.4, 0.5) is 0 Å². The molecule has 114 valence electrons. The molecule has 0 aromatic heterocycles. The van der Waals surface area contributed by atoms with Gasteiger partial charge in [-0.25, -0.2) is 0 Å². The number of hydrogen-bond donors (Lipinski definition) is 1. The maximum atomic E-state index is 10.4. The predicted octanol–water partition coefficient (Wildman–Crippen LogP) is 4.51. The summed E-state index contributed by atoms with van der Waals surface area (Å²) < 4.78 is 0. The van der Waals surface area contributed by atoms with E-state index in [0.717, 1.165) is 25.2 Å². The van der Waals surface area contributed by atoms with E-state index in [1.807, 2.05) is 0 Å². The second-order valence-corrected chi connectivity index (χ2v) is 6.86. The van der Waals surface area contributed by atoms with Crippen LogP contribution >= 0.6 is 0 Å². The zero-order valence-electron chi connectivity index (χ0n) is 12.9. The van der Waals surface area contributed by atoms with Gasteiger partial charge in [0.05, 0.1) is 0 Å². The Morgan fingerprint density at radius 2 is 1.33 bits per heavy atom. The van der Waals surface area contributed by atoms with Crippen LogP contribution in [-0.2, 0) is 4.79 Å². The third kappa shape index (κ3) is 3.66. The molecule has 0 saturated heterocycles. The van der Waals surface area contributed by atoms with Crippen LogP contribution in [0, 0.1) is 0 Å². The van der Waals surface area contributed by atoms with Gasteiger partial charge in [-0.15, -0.1) is 0 Å². The Bertz CT molecular complexity index is 439. The van der Waals surface area contributed by atoms with E-state index in [9.17, 15) is 4.79 Å². The molecule has 1 aromatic carbocycles. The SMILES string of the molecule is O=CNC1CC(c2ccc(C3CCCCCCC3)cc2)C1. The average Bonchev–Trinajstić information content (AvgIpc) is 2.43. The molecular formula is C19H27NO. The molecule has 0 aliphatic heterocycles. The molecule has 3 rings (SSSR count). The van der Waals surface area contributed by atoms with Gasteiger partial charge in [0.25, 0.3) is 0 Å². The molecule has 2 nitrogen and oxygen atoms in total.